The smallest absolute Gasteiger partial charge is 0.271 e. The maximum absolute atomic E-state index is 12.1. The number of sulfonamides is 1. The van der Waals surface area contributed by atoms with Gasteiger partial charge >= 0.3 is 0 Å². The third-order valence-electron chi connectivity index (χ3n) is 2.66. The van der Waals surface area contributed by atoms with Gasteiger partial charge < -0.3 is 0 Å². The van der Waals surface area contributed by atoms with Gasteiger partial charge in [-0.05, 0) is 36.4 Å². The van der Waals surface area contributed by atoms with Gasteiger partial charge in [-0.2, -0.15) is 0 Å². The van der Waals surface area contributed by atoms with Crippen LogP contribution in [0, 0.1) is 0 Å². The lowest BCUT2D eigenvalue weighted by molar-refractivity contribution is 0.597. The minimum absolute atomic E-state index is 0.00817. The summed E-state index contributed by atoms with van der Waals surface area (Å²) in [4.78, 5) is 0.159. The van der Waals surface area contributed by atoms with E-state index in [1.807, 2.05) is 0 Å². The SMILES string of the molecule is CCS(=O)(=O)c1ccc(NS(=O)(=O)c2ccc(Cl)s2)cc1. The Bertz CT molecular complexity index is 839. The molecule has 1 aromatic carbocycles. The zero-order valence-electron chi connectivity index (χ0n) is 10.9. The summed E-state index contributed by atoms with van der Waals surface area (Å²) in [5.41, 5.74) is 0.287. The highest BCUT2D eigenvalue weighted by molar-refractivity contribution is 7.94. The predicted octanol–water partition coefficient (Wildman–Crippen LogP) is 3.00. The zero-order valence-corrected chi connectivity index (χ0v) is 14.1. The van der Waals surface area contributed by atoms with Crippen LogP contribution < -0.4 is 4.72 Å². The van der Waals surface area contributed by atoms with Gasteiger partial charge in [0.1, 0.15) is 4.21 Å². The summed E-state index contributed by atoms with van der Waals surface area (Å²) in [6, 6.07) is 8.48. The molecule has 0 fully saturated rings. The van der Waals surface area contributed by atoms with Crippen molar-refractivity contribution in [1.29, 1.82) is 0 Å². The molecule has 2 rings (SSSR count). The number of sulfone groups is 1. The molecule has 0 atom stereocenters. The Morgan fingerprint density at radius 1 is 1.05 bits per heavy atom. The molecule has 0 radical (unpaired) electrons. The average molecular weight is 366 g/mol. The van der Waals surface area contributed by atoms with Crippen LogP contribution in [0.1, 0.15) is 6.92 Å². The fraction of sp³-hybridized carbons (Fsp3) is 0.167. The van der Waals surface area contributed by atoms with Gasteiger partial charge in [0.25, 0.3) is 10.0 Å². The minimum Gasteiger partial charge on any atom is -0.279 e. The second kappa shape index (κ2) is 5.96. The highest BCUT2D eigenvalue weighted by Gasteiger charge is 2.17. The number of anilines is 1. The van der Waals surface area contributed by atoms with Crippen molar-refractivity contribution in [2.75, 3.05) is 10.5 Å². The van der Waals surface area contributed by atoms with Gasteiger partial charge in [0, 0.05) is 5.69 Å². The maximum Gasteiger partial charge on any atom is 0.271 e. The topological polar surface area (TPSA) is 80.3 Å². The van der Waals surface area contributed by atoms with E-state index in [2.05, 4.69) is 4.72 Å². The average Bonchev–Trinajstić information content (AvgIpc) is 2.86. The summed E-state index contributed by atoms with van der Waals surface area (Å²) in [6.07, 6.45) is 0. The number of thiophene rings is 1. The Balaban J connectivity index is 2.25. The molecule has 0 bridgehead atoms. The van der Waals surface area contributed by atoms with Gasteiger partial charge in [-0.25, -0.2) is 16.8 Å². The maximum atomic E-state index is 12.1. The van der Waals surface area contributed by atoms with Crippen molar-refractivity contribution in [3.63, 3.8) is 0 Å². The molecule has 0 saturated carbocycles. The first kappa shape index (κ1) is 16.3. The van der Waals surface area contributed by atoms with Crippen LogP contribution in [0.25, 0.3) is 0 Å². The molecular formula is C12H12ClNO4S3. The first-order valence-electron chi connectivity index (χ1n) is 5.85. The van der Waals surface area contributed by atoms with E-state index in [4.69, 9.17) is 11.6 Å². The van der Waals surface area contributed by atoms with Crippen molar-refractivity contribution >= 4 is 48.5 Å². The molecule has 1 heterocycles. The Hall–Kier alpha value is -1.09. The lowest BCUT2D eigenvalue weighted by atomic mass is 10.3. The molecule has 0 aliphatic rings. The van der Waals surface area contributed by atoms with Crippen LogP contribution in [0.3, 0.4) is 0 Å². The molecule has 21 heavy (non-hydrogen) atoms. The lowest BCUT2D eigenvalue weighted by Gasteiger charge is -2.07. The number of halogens is 1. The fourth-order valence-electron chi connectivity index (χ4n) is 1.54. The van der Waals surface area contributed by atoms with Crippen molar-refractivity contribution < 1.29 is 16.8 Å². The molecule has 0 amide bonds. The number of rotatable bonds is 5. The van der Waals surface area contributed by atoms with Crippen LogP contribution in [0.2, 0.25) is 4.34 Å². The molecule has 114 valence electrons. The molecule has 0 spiro atoms. The molecule has 9 heteroatoms. The summed E-state index contributed by atoms with van der Waals surface area (Å²) in [5.74, 6) is -0.00817. The Kier molecular flexibility index (Phi) is 4.62. The van der Waals surface area contributed by atoms with Gasteiger partial charge in [0.2, 0.25) is 0 Å². The van der Waals surface area contributed by atoms with Crippen LogP contribution in [0.5, 0.6) is 0 Å². The Morgan fingerprint density at radius 3 is 2.14 bits per heavy atom. The van der Waals surface area contributed by atoms with E-state index in [-0.39, 0.29) is 20.5 Å². The molecule has 2 aromatic rings. The van der Waals surface area contributed by atoms with Crippen molar-refractivity contribution in [2.24, 2.45) is 0 Å². The molecular weight excluding hydrogens is 354 g/mol. The quantitative estimate of drug-likeness (QED) is 0.883. The number of benzene rings is 1. The van der Waals surface area contributed by atoms with Crippen molar-refractivity contribution in [3.05, 3.63) is 40.7 Å². The van der Waals surface area contributed by atoms with Gasteiger partial charge in [-0.15, -0.1) is 11.3 Å². The molecule has 0 aliphatic carbocycles. The highest BCUT2D eigenvalue weighted by atomic mass is 35.5. The first-order chi connectivity index (χ1) is 9.74. The molecule has 0 unspecified atom stereocenters. The second-order valence-corrected chi connectivity index (χ2v) is 9.99. The first-order valence-corrected chi connectivity index (χ1v) is 10.2. The van der Waals surface area contributed by atoms with Crippen molar-refractivity contribution in [2.45, 2.75) is 16.0 Å². The van der Waals surface area contributed by atoms with E-state index in [1.54, 1.807) is 6.92 Å². The third-order valence-corrected chi connectivity index (χ3v) is 7.51. The largest absolute Gasteiger partial charge is 0.279 e. The molecule has 1 N–H and O–H groups in total. The number of hydrogen-bond donors (Lipinski definition) is 1. The van der Waals surface area contributed by atoms with E-state index in [9.17, 15) is 16.8 Å². The van der Waals surface area contributed by atoms with E-state index < -0.39 is 19.9 Å². The standard InChI is InChI=1S/C12H12ClNO4S3/c1-2-20(15,16)10-5-3-9(4-6-10)14-21(17,18)12-8-7-11(13)19-12/h3-8,14H,2H2,1H3. The van der Waals surface area contributed by atoms with E-state index in [0.29, 0.717) is 4.34 Å². The van der Waals surface area contributed by atoms with Crippen molar-refractivity contribution in [1.82, 2.24) is 0 Å². The van der Waals surface area contributed by atoms with Gasteiger partial charge in [-0.3, -0.25) is 4.72 Å². The highest BCUT2D eigenvalue weighted by Crippen LogP contribution is 2.27. The number of hydrogen-bond acceptors (Lipinski definition) is 5. The summed E-state index contributed by atoms with van der Waals surface area (Å²) in [6.45, 7) is 1.55. The van der Waals surface area contributed by atoms with Crippen LogP contribution in [0.4, 0.5) is 5.69 Å². The molecule has 0 saturated heterocycles. The third kappa shape index (κ3) is 3.76. The van der Waals surface area contributed by atoms with Gasteiger partial charge in [0.15, 0.2) is 9.84 Å². The summed E-state index contributed by atoms with van der Waals surface area (Å²) in [7, 11) is -7.01. The monoisotopic (exact) mass is 365 g/mol. The minimum atomic E-state index is -3.71. The van der Waals surface area contributed by atoms with Crippen LogP contribution in [-0.4, -0.2) is 22.6 Å². The number of nitrogens with one attached hydrogen (secondary N) is 1. The van der Waals surface area contributed by atoms with E-state index in [0.717, 1.165) is 11.3 Å². The summed E-state index contributed by atoms with van der Waals surface area (Å²) < 4.78 is 50.3. The van der Waals surface area contributed by atoms with Gasteiger partial charge in [0.05, 0.1) is 15.0 Å². The van der Waals surface area contributed by atoms with E-state index in [1.165, 1.54) is 36.4 Å². The lowest BCUT2D eigenvalue weighted by Crippen LogP contribution is -2.11. The Labute approximate surface area is 132 Å². The predicted molar refractivity (Wildman–Crippen MR) is 84.3 cm³/mol. The zero-order chi connectivity index (χ0) is 15.7. The molecule has 0 aliphatic heterocycles. The van der Waals surface area contributed by atoms with Gasteiger partial charge in [-0.1, -0.05) is 18.5 Å². The summed E-state index contributed by atoms with van der Waals surface area (Å²) in [5, 5.41) is 0. The van der Waals surface area contributed by atoms with E-state index >= 15 is 0 Å². The molecule has 1 aromatic heterocycles. The molecule has 5 nitrogen and oxygen atoms in total. The van der Waals surface area contributed by atoms with Crippen molar-refractivity contribution in [3.8, 4) is 0 Å². The normalized spacial score (nSPS) is 12.3. The van der Waals surface area contributed by atoms with Crippen LogP contribution in [-0.2, 0) is 19.9 Å². The fourth-order valence-corrected chi connectivity index (χ4v) is 4.97. The van der Waals surface area contributed by atoms with Crippen LogP contribution in [0.15, 0.2) is 45.5 Å². The Morgan fingerprint density at radius 2 is 1.67 bits per heavy atom. The van der Waals surface area contributed by atoms with Crippen LogP contribution >= 0.6 is 22.9 Å². The second-order valence-electron chi connectivity index (χ2n) is 4.09. The summed E-state index contributed by atoms with van der Waals surface area (Å²) >= 11 is 6.66.